The van der Waals surface area contributed by atoms with E-state index in [1.165, 1.54) is 0 Å². The van der Waals surface area contributed by atoms with Gasteiger partial charge in [0.2, 0.25) is 5.91 Å². The predicted octanol–water partition coefficient (Wildman–Crippen LogP) is 4.31. The Balaban J connectivity index is 1.63. The van der Waals surface area contributed by atoms with E-state index in [-0.39, 0.29) is 31.4 Å². The number of carboxylic acids is 1. The van der Waals surface area contributed by atoms with Gasteiger partial charge in [-0.05, 0) is 41.5 Å². The molecule has 0 aromatic heterocycles. The first-order valence-electron chi connectivity index (χ1n) is 11.5. The number of aliphatic carboxylic acids is 1. The highest BCUT2D eigenvalue weighted by molar-refractivity contribution is 5.88. The lowest BCUT2D eigenvalue weighted by molar-refractivity contribution is -0.144. The number of carbonyl (C=O) groups excluding carboxylic acids is 2. The molecule has 2 aromatic rings. The van der Waals surface area contributed by atoms with E-state index >= 15 is 0 Å². The molecule has 1 atom stereocenters. The van der Waals surface area contributed by atoms with Gasteiger partial charge in [0.25, 0.3) is 0 Å². The Hall–Kier alpha value is -3.35. The highest BCUT2D eigenvalue weighted by Gasteiger charge is 2.37. The topological polar surface area (TPSA) is 105 Å². The Morgan fingerprint density at radius 3 is 2.00 bits per heavy atom. The van der Waals surface area contributed by atoms with E-state index in [4.69, 9.17) is 4.74 Å². The molecule has 0 aliphatic heterocycles. The summed E-state index contributed by atoms with van der Waals surface area (Å²) in [6.45, 7) is 5.66. The maximum absolute atomic E-state index is 12.9. The standard InChI is InChI=1S/C26H32N2O5/c1-4-22(23(29)30)28-24(31)26(5-2,6-3)16-27-25(32)33-15-21-19-13-9-7-11-17(19)18-12-8-10-14-20(18)21/h7-14,21-22H,4-6,15-16H2,1-3H3,(H,27,32)(H,28,31)(H,29,30). The van der Waals surface area contributed by atoms with Gasteiger partial charge in [0.1, 0.15) is 12.6 Å². The molecule has 2 aromatic carbocycles. The number of hydrogen-bond donors (Lipinski definition) is 3. The molecule has 0 spiro atoms. The fraction of sp³-hybridized carbons (Fsp3) is 0.423. The first kappa shape index (κ1) is 24.3. The van der Waals surface area contributed by atoms with Crippen molar-refractivity contribution in [2.24, 2.45) is 5.41 Å². The molecule has 7 nitrogen and oxygen atoms in total. The van der Waals surface area contributed by atoms with Gasteiger partial charge in [-0.1, -0.05) is 69.3 Å². The SMILES string of the molecule is CCC(NC(=O)C(CC)(CC)CNC(=O)OCC1c2ccccc2-c2ccccc21)C(=O)O. The zero-order chi connectivity index (χ0) is 24.0. The van der Waals surface area contributed by atoms with Gasteiger partial charge in [0, 0.05) is 12.5 Å². The molecule has 3 rings (SSSR count). The van der Waals surface area contributed by atoms with Crippen molar-refractivity contribution in [1.82, 2.24) is 10.6 Å². The molecule has 1 aliphatic carbocycles. The summed E-state index contributed by atoms with van der Waals surface area (Å²) in [7, 11) is 0. The second-order valence-corrected chi connectivity index (χ2v) is 8.44. The van der Waals surface area contributed by atoms with E-state index in [0.29, 0.717) is 12.8 Å². The van der Waals surface area contributed by atoms with E-state index in [1.54, 1.807) is 6.92 Å². The highest BCUT2D eigenvalue weighted by atomic mass is 16.5. The molecule has 7 heteroatoms. The summed E-state index contributed by atoms with van der Waals surface area (Å²) in [4.78, 5) is 36.8. The van der Waals surface area contributed by atoms with Crippen LogP contribution in [0, 0.1) is 5.41 Å². The van der Waals surface area contributed by atoms with Crippen molar-refractivity contribution in [2.45, 2.75) is 52.0 Å². The number of fused-ring (bicyclic) bond motifs is 3. The van der Waals surface area contributed by atoms with E-state index in [1.807, 2.05) is 38.1 Å². The van der Waals surface area contributed by atoms with Gasteiger partial charge in [-0.2, -0.15) is 0 Å². The van der Waals surface area contributed by atoms with Gasteiger partial charge < -0.3 is 20.5 Å². The zero-order valence-corrected chi connectivity index (χ0v) is 19.4. The number of alkyl carbamates (subject to hydrolysis) is 1. The number of rotatable bonds is 10. The maximum Gasteiger partial charge on any atom is 0.407 e. The molecule has 1 unspecified atom stereocenters. The molecule has 0 saturated carbocycles. The molecule has 0 saturated heterocycles. The third-order valence-corrected chi connectivity index (χ3v) is 6.76. The minimum atomic E-state index is -1.07. The second-order valence-electron chi connectivity index (χ2n) is 8.44. The molecule has 2 amide bonds. The third kappa shape index (κ3) is 5.02. The van der Waals surface area contributed by atoms with Gasteiger partial charge in [-0.15, -0.1) is 0 Å². The molecule has 0 fully saturated rings. The van der Waals surface area contributed by atoms with Crippen LogP contribution in [0.4, 0.5) is 4.79 Å². The largest absolute Gasteiger partial charge is 0.480 e. The molecular weight excluding hydrogens is 420 g/mol. The summed E-state index contributed by atoms with van der Waals surface area (Å²) >= 11 is 0. The van der Waals surface area contributed by atoms with Gasteiger partial charge in [-0.3, -0.25) is 4.79 Å². The van der Waals surface area contributed by atoms with Crippen molar-refractivity contribution in [3.05, 3.63) is 59.7 Å². The fourth-order valence-electron chi connectivity index (χ4n) is 4.44. The lowest BCUT2D eigenvalue weighted by Gasteiger charge is -2.31. The van der Waals surface area contributed by atoms with Crippen LogP contribution in [0.1, 0.15) is 57.1 Å². The lowest BCUT2D eigenvalue weighted by atomic mass is 9.81. The number of benzene rings is 2. The first-order chi connectivity index (χ1) is 15.9. The zero-order valence-electron chi connectivity index (χ0n) is 19.4. The number of carboxylic acid groups (broad SMARTS) is 1. The van der Waals surface area contributed by atoms with Gasteiger partial charge in [0.05, 0.1) is 5.41 Å². The number of hydrogen-bond acceptors (Lipinski definition) is 4. The Kier molecular flexibility index (Phi) is 7.74. The van der Waals surface area contributed by atoms with Crippen molar-refractivity contribution < 1.29 is 24.2 Å². The Labute approximate surface area is 194 Å². The number of amides is 2. The van der Waals surface area contributed by atoms with E-state index in [0.717, 1.165) is 22.3 Å². The smallest absolute Gasteiger partial charge is 0.407 e. The molecule has 176 valence electrons. The minimum absolute atomic E-state index is 0.0468. The Bertz CT molecular complexity index is 970. The van der Waals surface area contributed by atoms with E-state index < -0.39 is 23.5 Å². The maximum atomic E-state index is 12.9. The molecule has 0 bridgehead atoms. The Morgan fingerprint density at radius 2 is 1.52 bits per heavy atom. The van der Waals surface area contributed by atoms with Crippen LogP contribution >= 0.6 is 0 Å². The van der Waals surface area contributed by atoms with Crippen LogP contribution in [0.15, 0.2) is 48.5 Å². The molecule has 0 radical (unpaired) electrons. The number of ether oxygens (including phenoxy) is 1. The normalized spacial score (nSPS) is 13.5. The van der Waals surface area contributed by atoms with Crippen LogP contribution in [0.5, 0.6) is 0 Å². The number of nitrogens with one attached hydrogen (secondary N) is 2. The monoisotopic (exact) mass is 452 g/mol. The van der Waals surface area contributed by atoms with Crippen molar-refractivity contribution in [3.8, 4) is 11.1 Å². The average Bonchev–Trinajstić information content (AvgIpc) is 3.15. The molecular formula is C26H32N2O5. The fourth-order valence-corrected chi connectivity index (χ4v) is 4.44. The molecule has 3 N–H and O–H groups in total. The second kappa shape index (κ2) is 10.5. The summed E-state index contributed by atoms with van der Waals surface area (Å²) in [5.74, 6) is -1.49. The first-order valence-corrected chi connectivity index (χ1v) is 11.5. The van der Waals surface area contributed by atoms with E-state index in [9.17, 15) is 19.5 Å². The Morgan fingerprint density at radius 1 is 0.970 bits per heavy atom. The summed E-state index contributed by atoms with van der Waals surface area (Å²) < 4.78 is 5.57. The summed E-state index contributed by atoms with van der Waals surface area (Å²) in [6.07, 6.45) is 0.593. The van der Waals surface area contributed by atoms with Crippen LogP contribution in [0.3, 0.4) is 0 Å². The van der Waals surface area contributed by atoms with Crippen LogP contribution in [-0.2, 0) is 14.3 Å². The molecule has 0 heterocycles. The van der Waals surface area contributed by atoms with Crippen molar-refractivity contribution in [2.75, 3.05) is 13.2 Å². The molecule has 1 aliphatic rings. The van der Waals surface area contributed by atoms with Crippen molar-refractivity contribution in [1.29, 1.82) is 0 Å². The highest BCUT2D eigenvalue weighted by Crippen LogP contribution is 2.44. The minimum Gasteiger partial charge on any atom is -0.480 e. The third-order valence-electron chi connectivity index (χ3n) is 6.76. The average molecular weight is 453 g/mol. The summed E-state index contributed by atoms with van der Waals surface area (Å²) in [5, 5.41) is 14.6. The quantitative estimate of drug-likeness (QED) is 0.498. The summed E-state index contributed by atoms with van der Waals surface area (Å²) in [6, 6.07) is 15.3. The van der Waals surface area contributed by atoms with Crippen LogP contribution in [0.25, 0.3) is 11.1 Å². The number of carbonyl (C=O) groups is 3. The summed E-state index contributed by atoms with van der Waals surface area (Å²) in [5.41, 5.74) is 3.65. The molecule has 33 heavy (non-hydrogen) atoms. The van der Waals surface area contributed by atoms with Gasteiger partial charge >= 0.3 is 12.1 Å². The van der Waals surface area contributed by atoms with Crippen molar-refractivity contribution in [3.63, 3.8) is 0 Å². The van der Waals surface area contributed by atoms with Gasteiger partial charge in [0.15, 0.2) is 0 Å². The van der Waals surface area contributed by atoms with Gasteiger partial charge in [-0.25, -0.2) is 9.59 Å². The van der Waals surface area contributed by atoms with Crippen LogP contribution in [0.2, 0.25) is 0 Å². The predicted molar refractivity (Wildman–Crippen MR) is 126 cm³/mol. The van der Waals surface area contributed by atoms with E-state index in [2.05, 4.69) is 34.9 Å². The van der Waals surface area contributed by atoms with Crippen molar-refractivity contribution >= 4 is 18.0 Å². The van der Waals surface area contributed by atoms with Crippen LogP contribution < -0.4 is 10.6 Å². The van der Waals surface area contributed by atoms with Crippen LogP contribution in [-0.4, -0.2) is 42.3 Å². The lowest BCUT2D eigenvalue weighted by Crippen LogP contribution is -2.52.